The number of nitrogens with one attached hydrogen (secondary N) is 1. The summed E-state index contributed by atoms with van der Waals surface area (Å²) in [7, 11) is 0. The summed E-state index contributed by atoms with van der Waals surface area (Å²) in [5.41, 5.74) is 5.55. The first-order chi connectivity index (χ1) is 10.4. The van der Waals surface area contributed by atoms with Gasteiger partial charge < -0.3 is 9.55 Å². The number of aromatic amines is 1. The number of hydrogen-bond donors (Lipinski definition) is 1. The summed E-state index contributed by atoms with van der Waals surface area (Å²) in [5.74, 6) is 0.899. The Morgan fingerprint density at radius 2 is 2.19 bits per heavy atom. The van der Waals surface area contributed by atoms with Gasteiger partial charge in [0.15, 0.2) is 0 Å². The molecule has 1 aliphatic rings. The van der Waals surface area contributed by atoms with E-state index in [0.717, 1.165) is 29.0 Å². The molecule has 0 atom stereocenters. The quantitative estimate of drug-likeness (QED) is 0.575. The van der Waals surface area contributed by atoms with Crippen LogP contribution in [0.5, 0.6) is 0 Å². The molecule has 4 aromatic rings. The van der Waals surface area contributed by atoms with E-state index in [4.69, 9.17) is 4.98 Å². The smallest absolute Gasteiger partial charge is 0.140 e. The molecule has 5 rings (SSSR count). The largest absolute Gasteiger partial charge is 0.337 e. The van der Waals surface area contributed by atoms with Crippen LogP contribution in [0.25, 0.3) is 39.4 Å². The first-order valence-corrected chi connectivity index (χ1v) is 6.99. The molecule has 0 saturated carbocycles. The zero-order chi connectivity index (χ0) is 13.8. The number of nitrogens with zero attached hydrogens (tertiary/aromatic N) is 3. The van der Waals surface area contributed by atoms with Crippen molar-refractivity contribution in [2.75, 3.05) is 0 Å². The monoisotopic (exact) mass is 272 g/mol. The Morgan fingerprint density at radius 1 is 1.19 bits per heavy atom. The fourth-order valence-electron chi connectivity index (χ4n) is 3.13. The van der Waals surface area contributed by atoms with Crippen molar-refractivity contribution in [3.63, 3.8) is 0 Å². The third kappa shape index (κ3) is 1.44. The number of aromatic nitrogens is 4. The average Bonchev–Trinajstić information content (AvgIpc) is 3.19. The van der Waals surface area contributed by atoms with Gasteiger partial charge in [0.25, 0.3) is 0 Å². The Bertz CT molecular complexity index is 987. The summed E-state index contributed by atoms with van der Waals surface area (Å²) in [4.78, 5) is 12.2. The number of imidazole rings is 1. The first kappa shape index (κ1) is 10.9. The molecule has 1 aliphatic heterocycles. The number of hydrogen-bond acceptors (Lipinski definition) is 2. The summed E-state index contributed by atoms with van der Waals surface area (Å²) in [6.07, 6.45) is 7.95. The van der Waals surface area contributed by atoms with Crippen LogP contribution in [0.1, 0.15) is 5.69 Å². The van der Waals surface area contributed by atoms with Crippen molar-refractivity contribution < 1.29 is 0 Å². The van der Waals surface area contributed by atoms with Gasteiger partial charge in [-0.15, -0.1) is 0 Å². The van der Waals surface area contributed by atoms with Crippen LogP contribution < -0.4 is 0 Å². The number of benzene rings is 1. The van der Waals surface area contributed by atoms with Crippen LogP contribution in [0.15, 0.2) is 48.8 Å². The van der Waals surface area contributed by atoms with Crippen molar-refractivity contribution in [1.29, 1.82) is 0 Å². The molecule has 21 heavy (non-hydrogen) atoms. The minimum Gasteiger partial charge on any atom is -0.337 e. The van der Waals surface area contributed by atoms with Crippen molar-refractivity contribution in [1.82, 2.24) is 19.5 Å². The Hall–Kier alpha value is -2.88. The number of para-hydroxylation sites is 1. The predicted molar refractivity (Wildman–Crippen MR) is 83.9 cm³/mol. The third-order valence-corrected chi connectivity index (χ3v) is 4.07. The van der Waals surface area contributed by atoms with Crippen molar-refractivity contribution in [2.45, 2.75) is 6.54 Å². The minimum absolute atomic E-state index is 0.899. The van der Waals surface area contributed by atoms with E-state index >= 15 is 0 Å². The number of rotatable bonds is 1. The van der Waals surface area contributed by atoms with E-state index in [1.807, 2.05) is 12.3 Å². The van der Waals surface area contributed by atoms with E-state index in [-0.39, 0.29) is 0 Å². The summed E-state index contributed by atoms with van der Waals surface area (Å²) in [5, 5.41) is 1.26. The van der Waals surface area contributed by atoms with E-state index < -0.39 is 0 Å². The number of allylic oxidation sites excluding steroid dienone is 1. The highest BCUT2D eigenvalue weighted by Gasteiger charge is 2.16. The van der Waals surface area contributed by atoms with Crippen LogP contribution in [-0.4, -0.2) is 19.5 Å². The number of H-pyrrole nitrogens is 1. The fraction of sp³-hybridized carbons (Fsp3) is 0.0588. The van der Waals surface area contributed by atoms with Gasteiger partial charge in [0.1, 0.15) is 5.82 Å². The van der Waals surface area contributed by atoms with Crippen LogP contribution >= 0.6 is 0 Å². The maximum absolute atomic E-state index is 4.71. The highest BCUT2D eigenvalue weighted by atomic mass is 15.0. The lowest BCUT2D eigenvalue weighted by atomic mass is 10.1. The molecule has 4 heteroatoms. The Morgan fingerprint density at radius 3 is 3.14 bits per heavy atom. The van der Waals surface area contributed by atoms with Crippen molar-refractivity contribution in [3.8, 4) is 11.4 Å². The molecule has 3 aromatic heterocycles. The Kier molecular flexibility index (Phi) is 1.98. The molecule has 1 N–H and O–H groups in total. The van der Waals surface area contributed by atoms with Gasteiger partial charge in [-0.05, 0) is 24.3 Å². The van der Waals surface area contributed by atoms with Gasteiger partial charge in [0, 0.05) is 29.4 Å². The van der Waals surface area contributed by atoms with Gasteiger partial charge >= 0.3 is 0 Å². The van der Waals surface area contributed by atoms with Crippen LogP contribution in [0.3, 0.4) is 0 Å². The Labute approximate surface area is 120 Å². The van der Waals surface area contributed by atoms with Gasteiger partial charge in [-0.1, -0.05) is 18.2 Å². The second-order valence-corrected chi connectivity index (χ2v) is 5.30. The second kappa shape index (κ2) is 3.82. The zero-order valence-corrected chi connectivity index (χ0v) is 11.2. The molecule has 0 aliphatic carbocycles. The molecule has 1 aromatic carbocycles. The normalized spacial score (nSPS) is 13.3. The lowest BCUT2D eigenvalue weighted by molar-refractivity contribution is 0.882. The van der Waals surface area contributed by atoms with Crippen LogP contribution in [-0.2, 0) is 6.54 Å². The van der Waals surface area contributed by atoms with Crippen molar-refractivity contribution >= 4 is 28.0 Å². The number of pyridine rings is 1. The highest BCUT2D eigenvalue weighted by molar-refractivity contribution is 5.96. The Balaban J connectivity index is 1.84. The van der Waals surface area contributed by atoms with E-state index in [1.165, 1.54) is 16.6 Å². The van der Waals surface area contributed by atoms with Gasteiger partial charge in [-0.25, -0.2) is 4.98 Å². The maximum Gasteiger partial charge on any atom is 0.140 e. The second-order valence-electron chi connectivity index (χ2n) is 5.30. The summed E-state index contributed by atoms with van der Waals surface area (Å²) in [6.45, 7) is 0.928. The molecule has 0 unspecified atom stereocenters. The average molecular weight is 272 g/mol. The van der Waals surface area contributed by atoms with E-state index in [2.05, 4.69) is 51.0 Å². The van der Waals surface area contributed by atoms with Gasteiger partial charge in [-0.3, -0.25) is 4.98 Å². The standard InChI is InChI=1S/C17H12N4/c1-3-11-9-12-4-2-8-21(12)16(11)13(5-1)17-19-14-6-7-18-10-15(14)20-17/h1-7,9-10H,8H2,(H,19,20). The van der Waals surface area contributed by atoms with E-state index in [1.54, 1.807) is 6.20 Å². The molecule has 0 radical (unpaired) electrons. The molecule has 0 spiro atoms. The van der Waals surface area contributed by atoms with Crippen molar-refractivity contribution in [2.24, 2.45) is 0 Å². The zero-order valence-electron chi connectivity index (χ0n) is 11.2. The van der Waals surface area contributed by atoms with Crippen LogP contribution in [0.2, 0.25) is 0 Å². The molecular formula is C17H12N4. The van der Waals surface area contributed by atoms with E-state index in [0.29, 0.717) is 0 Å². The summed E-state index contributed by atoms with van der Waals surface area (Å²) >= 11 is 0. The maximum atomic E-state index is 4.71. The lowest BCUT2D eigenvalue weighted by Crippen LogP contribution is -1.94. The predicted octanol–water partition coefficient (Wildman–Crippen LogP) is 3.61. The molecule has 0 fully saturated rings. The summed E-state index contributed by atoms with van der Waals surface area (Å²) < 4.78 is 2.33. The van der Waals surface area contributed by atoms with Crippen LogP contribution in [0.4, 0.5) is 0 Å². The minimum atomic E-state index is 0.899. The van der Waals surface area contributed by atoms with Gasteiger partial charge in [0.2, 0.25) is 0 Å². The molecular weight excluding hydrogens is 260 g/mol. The molecule has 4 nitrogen and oxygen atoms in total. The first-order valence-electron chi connectivity index (χ1n) is 6.99. The topological polar surface area (TPSA) is 46.5 Å². The lowest BCUT2D eigenvalue weighted by Gasteiger charge is -2.05. The molecule has 0 saturated heterocycles. The van der Waals surface area contributed by atoms with Crippen molar-refractivity contribution in [3.05, 3.63) is 54.5 Å². The molecule has 4 heterocycles. The molecule has 0 bridgehead atoms. The van der Waals surface area contributed by atoms with Gasteiger partial charge in [-0.2, -0.15) is 0 Å². The highest BCUT2D eigenvalue weighted by Crippen LogP contribution is 2.32. The number of fused-ring (bicyclic) bond motifs is 4. The third-order valence-electron chi connectivity index (χ3n) is 4.07. The van der Waals surface area contributed by atoms with E-state index in [9.17, 15) is 0 Å². The molecule has 100 valence electrons. The fourth-order valence-corrected chi connectivity index (χ4v) is 3.13. The SMILES string of the molecule is C1=Cc2cc3cccc(-c4nc5ccncc5[nH]4)c3n2C1. The van der Waals surface area contributed by atoms with Crippen LogP contribution in [0, 0.1) is 0 Å². The van der Waals surface area contributed by atoms with Gasteiger partial charge in [0.05, 0.1) is 22.7 Å². The summed E-state index contributed by atoms with van der Waals surface area (Å²) in [6, 6.07) is 10.5. The molecule has 0 amide bonds.